The van der Waals surface area contributed by atoms with Crippen molar-refractivity contribution in [3.63, 3.8) is 0 Å². The number of likely N-dealkylation sites (N-methyl/N-ethyl adjacent to an activating group) is 1. The molecule has 1 aliphatic rings. The second-order valence-electron chi connectivity index (χ2n) is 5.02. The summed E-state index contributed by atoms with van der Waals surface area (Å²) in [6, 6.07) is 5.53. The molecular weight excluding hydrogens is 267 g/mol. The molecule has 0 bridgehead atoms. The zero-order chi connectivity index (χ0) is 13.1. The molecule has 2 N–H and O–H groups in total. The highest BCUT2D eigenvalue weighted by molar-refractivity contribution is 5.85. The maximum absolute atomic E-state index is 13.6. The summed E-state index contributed by atoms with van der Waals surface area (Å²) in [6.07, 6.45) is 2.53. The monoisotopic (exact) mass is 288 g/mol. The zero-order valence-corrected chi connectivity index (χ0v) is 12.3. The Morgan fingerprint density at radius 3 is 2.63 bits per heavy atom. The molecule has 1 fully saturated rings. The number of benzene rings is 1. The molecule has 0 heterocycles. The highest BCUT2D eigenvalue weighted by Gasteiger charge is 2.32. The van der Waals surface area contributed by atoms with Crippen LogP contribution in [-0.2, 0) is 6.54 Å². The normalized spacial score (nSPS) is 16.1. The minimum Gasteiger partial charge on any atom is -0.494 e. The molecule has 1 saturated carbocycles. The fraction of sp³-hybridized carbons (Fsp3) is 0.571. The minimum absolute atomic E-state index is 0. The van der Waals surface area contributed by atoms with Crippen molar-refractivity contribution in [2.45, 2.75) is 25.4 Å². The van der Waals surface area contributed by atoms with Gasteiger partial charge in [-0.05, 0) is 43.5 Å². The lowest BCUT2D eigenvalue weighted by Gasteiger charge is -2.27. The highest BCUT2D eigenvalue weighted by Crippen LogP contribution is 2.35. The van der Waals surface area contributed by atoms with Gasteiger partial charge in [0.1, 0.15) is 0 Å². The van der Waals surface area contributed by atoms with Gasteiger partial charge in [-0.2, -0.15) is 0 Å². The molecule has 0 aliphatic heterocycles. The largest absolute Gasteiger partial charge is 0.494 e. The van der Waals surface area contributed by atoms with Crippen LogP contribution in [0.4, 0.5) is 4.39 Å². The van der Waals surface area contributed by atoms with Crippen LogP contribution < -0.4 is 10.5 Å². The third-order valence-electron chi connectivity index (χ3n) is 3.62. The van der Waals surface area contributed by atoms with Gasteiger partial charge in [0.2, 0.25) is 0 Å². The molecule has 1 aliphatic carbocycles. The van der Waals surface area contributed by atoms with Crippen molar-refractivity contribution >= 4 is 12.4 Å². The van der Waals surface area contributed by atoms with Crippen molar-refractivity contribution in [2.75, 3.05) is 20.7 Å². The number of hydrogen-bond acceptors (Lipinski definition) is 3. The van der Waals surface area contributed by atoms with Crippen LogP contribution >= 0.6 is 12.4 Å². The highest BCUT2D eigenvalue weighted by atomic mass is 35.5. The minimum atomic E-state index is -0.306. The molecule has 0 amide bonds. The number of halogens is 2. The molecular formula is C14H22ClFN2O. The first-order valence-electron chi connectivity index (χ1n) is 6.38. The van der Waals surface area contributed by atoms with E-state index in [0.29, 0.717) is 18.3 Å². The van der Waals surface area contributed by atoms with Crippen LogP contribution in [0.1, 0.15) is 18.4 Å². The summed E-state index contributed by atoms with van der Waals surface area (Å²) in [5.41, 5.74) is 6.76. The summed E-state index contributed by atoms with van der Waals surface area (Å²) in [5.74, 6) is 0.709. The molecule has 0 aromatic heterocycles. The fourth-order valence-corrected chi connectivity index (χ4v) is 2.43. The second kappa shape index (κ2) is 7.08. The molecule has 0 saturated heterocycles. The number of nitrogens with two attached hydrogens (primary N) is 1. The van der Waals surface area contributed by atoms with E-state index >= 15 is 0 Å². The molecule has 0 spiro atoms. The average Bonchev–Trinajstić information content (AvgIpc) is 3.15. The fourth-order valence-electron chi connectivity index (χ4n) is 2.43. The number of ether oxygens (including phenoxy) is 1. The van der Waals surface area contributed by atoms with E-state index in [-0.39, 0.29) is 18.2 Å². The van der Waals surface area contributed by atoms with Crippen molar-refractivity contribution in [3.8, 4) is 5.75 Å². The molecule has 1 aromatic carbocycles. The summed E-state index contributed by atoms with van der Waals surface area (Å²) < 4.78 is 18.5. The van der Waals surface area contributed by atoms with E-state index in [0.717, 1.165) is 18.0 Å². The van der Waals surface area contributed by atoms with Gasteiger partial charge < -0.3 is 10.5 Å². The first kappa shape index (κ1) is 16.2. The molecule has 1 aromatic rings. The Balaban J connectivity index is 0.00000180. The first-order valence-corrected chi connectivity index (χ1v) is 6.38. The molecule has 3 nitrogen and oxygen atoms in total. The Morgan fingerprint density at radius 1 is 1.47 bits per heavy atom. The number of rotatable bonds is 6. The molecule has 1 unspecified atom stereocenters. The summed E-state index contributed by atoms with van der Waals surface area (Å²) >= 11 is 0. The maximum atomic E-state index is 13.6. The molecule has 0 radical (unpaired) electrons. The van der Waals surface area contributed by atoms with E-state index in [2.05, 4.69) is 11.9 Å². The lowest BCUT2D eigenvalue weighted by Crippen LogP contribution is -2.39. The van der Waals surface area contributed by atoms with E-state index in [9.17, 15) is 4.39 Å². The van der Waals surface area contributed by atoms with Crippen LogP contribution in [0.2, 0.25) is 0 Å². The third-order valence-corrected chi connectivity index (χ3v) is 3.62. The van der Waals surface area contributed by atoms with Gasteiger partial charge in [-0.15, -0.1) is 12.4 Å². The number of methoxy groups -OCH3 is 1. The van der Waals surface area contributed by atoms with Crippen LogP contribution in [0, 0.1) is 11.7 Å². The predicted molar refractivity (Wildman–Crippen MR) is 77.2 cm³/mol. The van der Waals surface area contributed by atoms with Crippen LogP contribution in [0.25, 0.3) is 0 Å². The van der Waals surface area contributed by atoms with Gasteiger partial charge in [-0.1, -0.05) is 6.07 Å². The van der Waals surface area contributed by atoms with Gasteiger partial charge >= 0.3 is 0 Å². The van der Waals surface area contributed by atoms with E-state index in [4.69, 9.17) is 10.5 Å². The van der Waals surface area contributed by atoms with Gasteiger partial charge in [0.25, 0.3) is 0 Å². The first-order chi connectivity index (χ1) is 8.65. The van der Waals surface area contributed by atoms with E-state index in [1.54, 1.807) is 6.07 Å². The van der Waals surface area contributed by atoms with Crippen LogP contribution in [0.15, 0.2) is 18.2 Å². The maximum Gasteiger partial charge on any atom is 0.165 e. The van der Waals surface area contributed by atoms with Gasteiger partial charge in [-0.3, -0.25) is 4.90 Å². The SMILES string of the molecule is COc1ccc(CN(C)C(CN)C2CC2)cc1F.Cl. The molecule has 2 rings (SSSR count). The van der Waals surface area contributed by atoms with E-state index in [1.165, 1.54) is 26.0 Å². The van der Waals surface area contributed by atoms with Gasteiger partial charge in [-0.25, -0.2) is 4.39 Å². The Hall–Kier alpha value is -0.840. The van der Waals surface area contributed by atoms with Crippen molar-refractivity contribution in [3.05, 3.63) is 29.6 Å². The van der Waals surface area contributed by atoms with Crippen LogP contribution in [-0.4, -0.2) is 31.6 Å². The smallest absolute Gasteiger partial charge is 0.165 e. The molecule has 19 heavy (non-hydrogen) atoms. The lowest BCUT2D eigenvalue weighted by molar-refractivity contribution is 0.215. The Bertz CT molecular complexity index is 412. The predicted octanol–water partition coefficient (Wildman–Crippen LogP) is 2.43. The Morgan fingerprint density at radius 2 is 2.16 bits per heavy atom. The molecule has 5 heteroatoms. The summed E-state index contributed by atoms with van der Waals surface area (Å²) in [5, 5.41) is 0. The third kappa shape index (κ3) is 4.06. The molecule has 1 atom stereocenters. The molecule has 108 valence electrons. The van der Waals surface area contributed by atoms with Crippen molar-refractivity contribution in [1.29, 1.82) is 0 Å². The van der Waals surface area contributed by atoms with Gasteiger partial charge in [0.15, 0.2) is 11.6 Å². The number of hydrogen-bond donors (Lipinski definition) is 1. The second-order valence-corrected chi connectivity index (χ2v) is 5.02. The van der Waals surface area contributed by atoms with Crippen LogP contribution in [0.3, 0.4) is 0 Å². The summed E-state index contributed by atoms with van der Waals surface area (Å²) in [6.45, 7) is 1.39. The van der Waals surface area contributed by atoms with Gasteiger partial charge in [0, 0.05) is 19.1 Å². The van der Waals surface area contributed by atoms with Crippen molar-refractivity contribution in [1.82, 2.24) is 4.90 Å². The quantitative estimate of drug-likeness (QED) is 0.874. The van der Waals surface area contributed by atoms with Crippen molar-refractivity contribution in [2.24, 2.45) is 11.7 Å². The van der Waals surface area contributed by atoms with E-state index < -0.39 is 0 Å². The van der Waals surface area contributed by atoms with Gasteiger partial charge in [0.05, 0.1) is 7.11 Å². The standard InChI is InChI=1S/C14H21FN2O.ClH/c1-17(13(8-16)11-4-5-11)9-10-3-6-14(18-2)12(15)7-10;/h3,6-7,11,13H,4-5,8-9,16H2,1-2H3;1H. The summed E-state index contributed by atoms with van der Waals surface area (Å²) in [4.78, 5) is 2.22. The number of nitrogens with zero attached hydrogens (tertiary/aromatic N) is 1. The average molecular weight is 289 g/mol. The van der Waals surface area contributed by atoms with E-state index in [1.807, 2.05) is 6.07 Å². The summed E-state index contributed by atoms with van der Waals surface area (Å²) in [7, 11) is 3.53. The topological polar surface area (TPSA) is 38.5 Å². The zero-order valence-electron chi connectivity index (χ0n) is 11.4. The lowest BCUT2D eigenvalue weighted by atomic mass is 10.1. The van der Waals surface area contributed by atoms with Crippen molar-refractivity contribution < 1.29 is 9.13 Å². The Kier molecular flexibility index (Phi) is 6.04. The van der Waals surface area contributed by atoms with Crippen LogP contribution in [0.5, 0.6) is 5.75 Å². The Labute approximate surface area is 120 Å².